The van der Waals surface area contributed by atoms with Crippen LogP contribution < -0.4 is 19.8 Å². The van der Waals surface area contributed by atoms with Gasteiger partial charge < -0.3 is 19.3 Å². The number of carboxylic acids is 1. The van der Waals surface area contributed by atoms with Crippen molar-refractivity contribution in [1.82, 2.24) is 9.55 Å². The fourth-order valence-electron chi connectivity index (χ4n) is 4.15. The van der Waals surface area contributed by atoms with Crippen molar-refractivity contribution in [2.75, 3.05) is 21.3 Å². The number of fused-ring (bicyclic) bond motifs is 3. The van der Waals surface area contributed by atoms with Crippen LogP contribution in [0.2, 0.25) is 0 Å². The zero-order valence-electron chi connectivity index (χ0n) is 17.8. The number of ether oxygens (including phenoxy) is 3. The van der Waals surface area contributed by atoms with E-state index in [0.717, 1.165) is 5.56 Å². The molecule has 4 rings (SSSR count). The first-order chi connectivity index (χ1) is 14.9. The van der Waals surface area contributed by atoms with E-state index < -0.39 is 11.4 Å². The summed E-state index contributed by atoms with van der Waals surface area (Å²) in [7, 11) is 4.64. The molecule has 31 heavy (non-hydrogen) atoms. The predicted molar refractivity (Wildman–Crippen MR) is 116 cm³/mol. The van der Waals surface area contributed by atoms with Gasteiger partial charge in [0.05, 0.1) is 33.1 Å². The van der Waals surface area contributed by atoms with E-state index in [1.165, 1.54) is 4.57 Å². The highest BCUT2D eigenvalue weighted by Gasteiger charge is 2.62. The topological polar surface area (TPSA) is 99.9 Å². The Balaban J connectivity index is 1.76. The van der Waals surface area contributed by atoms with Crippen molar-refractivity contribution in [3.8, 4) is 17.2 Å². The van der Waals surface area contributed by atoms with Gasteiger partial charge in [-0.15, -0.1) is 0 Å². The minimum Gasteiger partial charge on any atom is -0.493 e. The van der Waals surface area contributed by atoms with E-state index in [9.17, 15) is 14.7 Å². The van der Waals surface area contributed by atoms with Gasteiger partial charge in [0.2, 0.25) is 5.75 Å². The Morgan fingerprint density at radius 3 is 2.45 bits per heavy atom. The fraction of sp³-hybridized carbons (Fsp3) is 0.348. The molecule has 0 amide bonds. The molecule has 2 atom stereocenters. The second-order valence-electron chi connectivity index (χ2n) is 7.55. The van der Waals surface area contributed by atoms with E-state index in [0.29, 0.717) is 47.2 Å². The minimum absolute atomic E-state index is 0.186. The number of carbonyl (C=O) groups is 1. The molecule has 2 aliphatic rings. The molecule has 2 heterocycles. The standard InChI is InChI=1S/C23H24N2O6/c1-5-14-15(7-6-13-10-16(29-2)20(31-4)17(11-13)30-3)24-19-8-9-23(22(27)28)12-18(23)25(19)21(14)26/h6-11,18H,5,12H2,1-4H3,(H,27,28)/b7-6+. The van der Waals surface area contributed by atoms with Crippen molar-refractivity contribution in [2.24, 2.45) is 5.41 Å². The van der Waals surface area contributed by atoms with Crippen LogP contribution in [0.1, 0.15) is 42.0 Å². The Hall–Kier alpha value is -3.55. The van der Waals surface area contributed by atoms with Gasteiger partial charge in [-0.1, -0.05) is 19.1 Å². The largest absolute Gasteiger partial charge is 0.493 e. The average Bonchev–Trinajstić information content (AvgIpc) is 3.53. The van der Waals surface area contributed by atoms with Crippen LogP contribution in [-0.4, -0.2) is 42.0 Å². The van der Waals surface area contributed by atoms with Gasteiger partial charge >= 0.3 is 5.97 Å². The first kappa shape index (κ1) is 20.7. The number of hydrogen-bond acceptors (Lipinski definition) is 6. The van der Waals surface area contributed by atoms with E-state index in [4.69, 9.17) is 14.2 Å². The van der Waals surface area contributed by atoms with Crippen LogP contribution in [0, 0.1) is 5.41 Å². The molecule has 0 saturated heterocycles. The van der Waals surface area contributed by atoms with Crippen molar-refractivity contribution in [3.63, 3.8) is 0 Å². The van der Waals surface area contributed by atoms with E-state index in [1.807, 2.05) is 13.0 Å². The number of nitrogens with zero attached hydrogens (tertiary/aromatic N) is 2. The first-order valence-corrected chi connectivity index (χ1v) is 9.96. The normalized spacial score (nSPS) is 20.8. The number of aromatic nitrogens is 2. The molecule has 8 heteroatoms. The van der Waals surface area contributed by atoms with Gasteiger partial charge in [0, 0.05) is 5.56 Å². The zero-order valence-corrected chi connectivity index (χ0v) is 17.8. The van der Waals surface area contributed by atoms with E-state index in [2.05, 4.69) is 4.98 Å². The summed E-state index contributed by atoms with van der Waals surface area (Å²) in [5, 5.41) is 9.54. The second kappa shape index (κ2) is 7.61. The number of methoxy groups -OCH3 is 3. The summed E-state index contributed by atoms with van der Waals surface area (Å²) < 4.78 is 17.7. The molecule has 1 N–H and O–H groups in total. The summed E-state index contributed by atoms with van der Waals surface area (Å²) in [4.78, 5) is 29.5. The molecule has 0 spiro atoms. The Bertz CT molecular complexity index is 1150. The van der Waals surface area contributed by atoms with Crippen molar-refractivity contribution >= 4 is 24.2 Å². The predicted octanol–water partition coefficient (Wildman–Crippen LogP) is 3.04. The van der Waals surface area contributed by atoms with Crippen LogP contribution in [0.25, 0.3) is 18.2 Å². The Labute approximate surface area is 179 Å². The van der Waals surface area contributed by atoms with Gasteiger partial charge in [-0.25, -0.2) is 4.98 Å². The second-order valence-corrected chi connectivity index (χ2v) is 7.55. The van der Waals surface area contributed by atoms with Gasteiger partial charge in [0.15, 0.2) is 11.5 Å². The molecular weight excluding hydrogens is 400 g/mol. The van der Waals surface area contributed by atoms with Crippen molar-refractivity contribution in [1.29, 1.82) is 0 Å². The molecule has 1 aromatic heterocycles. The molecule has 1 aromatic carbocycles. The SMILES string of the molecule is CCc1c(/C=C/c2cc(OC)c(OC)c(OC)c2)nc2n(c1=O)C1CC1(C(=O)O)C=C2. The third kappa shape index (κ3) is 3.19. The molecule has 1 fully saturated rings. The summed E-state index contributed by atoms with van der Waals surface area (Å²) in [6.07, 6.45) is 7.79. The summed E-state index contributed by atoms with van der Waals surface area (Å²) in [6, 6.07) is 3.24. The number of carboxylic acid groups (broad SMARTS) is 1. The Kier molecular flexibility index (Phi) is 5.08. The van der Waals surface area contributed by atoms with Gasteiger partial charge in [0.25, 0.3) is 5.56 Å². The summed E-state index contributed by atoms with van der Waals surface area (Å²) >= 11 is 0. The molecule has 0 radical (unpaired) electrons. The van der Waals surface area contributed by atoms with Crippen LogP contribution in [0.15, 0.2) is 23.0 Å². The summed E-state index contributed by atoms with van der Waals surface area (Å²) in [6.45, 7) is 1.89. The lowest BCUT2D eigenvalue weighted by atomic mass is 10.0. The van der Waals surface area contributed by atoms with Gasteiger partial charge in [0.1, 0.15) is 11.2 Å². The molecule has 2 unspecified atom stereocenters. The maximum atomic E-state index is 13.2. The Morgan fingerprint density at radius 1 is 1.23 bits per heavy atom. The van der Waals surface area contributed by atoms with E-state index in [-0.39, 0.29) is 11.6 Å². The molecule has 0 bridgehead atoms. The molecule has 1 aliphatic carbocycles. The minimum atomic E-state index is -0.975. The zero-order chi connectivity index (χ0) is 22.3. The number of hydrogen-bond donors (Lipinski definition) is 1. The first-order valence-electron chi connectivity index (χ1n) is 9.96. The summed E-state index contributed by atoms with van der Waals surface area (Å²) in [5.74, 6) is 1.12. The molecule has 1 aliphatic heterocycles. The third-order valence-corrected chi connectivity index (χ3v) is 5.95. The molecule has 1 saturated carbocycles. The maximum absolute atomic E-state index is 13.2. The highest BCUT2D eigenvalue weighted by atomic mass is 16.5. The number of aliphatic carboxylic acids is 1. The van der Waals surface area contributed by atoms with Crippen LogP contribution in [0.4, 0.5) is 0 Å². The quantitative estimate of drug-likeness (QED) is 0.729. The van der Waals surface area contributed by atoms with Crippen molar-refractivity contribution in [3.05, 3.63) is 51.2 Å². The van der Waals surface area contributed by atoms with Gasteiger partial charge in [-0.05, 0) is 42.7 Å². The fourth-order valence-corrected chi connectivity index (χ4v) is 4.15. The number of rotatable bonds is 7. The van der Waals surface area contributed by atoms with Crippen LogP contribution in [0.3, 0.4) is 0 Å². The maximum Gasteiger partial charge on any atom is 0.315 e. The van der Waals surface area contributed by atoms with Crippen LogP contribution in [0.5, 0.6) is 17.2 Å². The van der Waals surface area contributed by atoms with Crippen molar-refractivity contribution in [2.45, 2.75) is 25.8 Å². The summed E-state index contributed by atoms with van der Waals surface area (Å²) in [5.41, 5.74) is 0.736. The highest BCUT2D eigenvalue weighted by molar-refractivity contribution is 5.84. The van der Waals surface area contributed by atoms with Gasteiger partial charge in [-0.3, -0.25) is 14.2 Å². The van der Waals surface area contributed by atoms with Gasteiger partial charge in [-0.2, -0.15) is 0 Å². The molecular formula is C23H24N2O6. The lowest BCUT2D eigenvalue weighted by Gasteiger charge is -2.19. The van der Waals surface area contributed by atoms with Crippen molar-refractivity contribution < 1.29 is 24.1 Å². The van der Waals surface area contributed by atoms with Crippen LogP contribution in [-0.2, 0) is 11.2 Å². The molecule has 8 nitrogen and oxygen atoms in total. The monoisotopic (exact) mass is 424 g/mol. The van der Waals surface area contributed by atoms with E-state index >= 15 is 0 Å². The lowest BCUT2D eigenvalue weighted by molar-refractivity contribution is -0.141. The van der Waals surface area contributed by atoms with E-state index in [1.54, 1.807) is 51.7 Å². The highest BCUT2D eigenvalue weighted by Crippen LogP contribution is 2.59. The van der Waals surface area contributed by atoms with Crippen LogP contribution >= 0.6 is 0 Å². The smallest absolute Gasteiger partial charge is 0.315 e. The lowest BCUT2D eigenvalue weighted by Crippen LogP contribution is -2.32. The average molecular weight is 424 g/mol. The third-order valence-electron chi connectivity index (χ3n) is 5.95. The Morgan fingerprint density at radius 2 is 1.90 bits per heavy atom. The molecule has 162 valence electrons. The molecule has 2 aromatic rings. The number of benzene rings is 1.